The van der Waals surface area contributed by atoms with E-state index in [4.69, 9.17) is 16.6 Å². The molecular formula is C19H19ClN4O2S. The van der Waals surface area contributed by atoms with Gasteiger partial charge in [0.25, 0.3) is 5.56 Å². The molecule has 1 saturated heterocycles. The van der Waals surface area contributed by atoms with Gasteiger partial charge in [0.2, 0.25) is 11.9 Å². The molecule has 8 heteroatoms. The van der Waals surface area contributed by atoms with Crippen LogP contribution < -0.4 is 15.8 Å². The van der Waals surface area contributed by atoms with Crippen molar-refractivity contribution in [1.82, 2.24) is 9.55 Å². The zero-order chi connectivity index (χ0) is 18.8. The summed E-state index contributed by atoms with van der Waals surface area (Å²) in [5.74, 6) is 0.312. The van der Waals surface area contributed by atoms with E-state index in [2.05, 4.69) is 10.2 Å². The highest BCUT2D eigenvalue weighted by atomic mass is 35.5. The predicted molar refractivity (Wildman–Crippen MR) is 110 cm³/mol. The van der Waals surface area contributed by atoms with Crippen LogP contribution in [0.15, 0.2) is 40.5 Å². The van der Waals surface area contributed by atoms with Crippen molar-refractivity contribution in [3.8, 4) is 0 Å². The molecule has 2 aromatic heterocycles. The molecule has 4 rings (SSSR count). The van der Waals surface area contributed by atoms with Gasteiger partial charge in [-0.25, -0.2) is 4.98 Å². The number of amides is 1. The van der Waals surface area contributed by atoms with Crippen molar-refractivity contribution in [3.05, 3.63) is 51.1 Å². The number of nitrogens with zero attached hydrogens (tertiary/aromatic N) is 3. The molecule has 0 spiro atoms. The van der Waals surface area contributed by atoms with Gasteiger partial charge in [-0.05, 0) is 55.0 Å². The van der Waals surface area contributed by atoms with Crippen LogP contribution in [0.5, 0.6) is 0 Å². The van der Waals surface area contributed by atoms with Gasteiger partial charge in [-0.15, -0.1) is 11.3 Å². The Balaban J connectivity index is 1.66. The van der Waals surface area contributed by atoms with Gasteiger partial charge in [-0.2, -0.15) is 0 Å². The highest BCUT2D eigenvalue weighted by Crippen LogP contribution is 2.22. The molecule has 1 N–H and O–H groups in total. The minimum Gasteiger partial charge on any atom is -0.342 e. The summed E-state index contributed by atoms with van der Waals surface area (Å²) in [7, 11) is 0. The van der Waals surface area contributed by atoms with Crippen LogP contribution in [-0.2, 0) is 11.3 Å². The maximum Gasteiger partial charge on any atom is 0.273 e. The lowest BCUT2D eigenvalue weighted by atomic mass is 10.1. The van der Waals surface area contributed by atoms with E-state index in [1.165, 1.54) is 22.3 Å². The Morgan fingerprint density at radius 1 is 1.15 bits per heavy atom. The van der Waals surface area contributed by atoms with Gasteiger partial charge >= 0.3 is 0 Å². The Bertz CT molecular complexity index is 1020. The van der Waals surface area contributed by atoms with E-state index in [-0.39, 0.29) is 18.0 Å². The molecule has 140 valence electrons. The number of benzene rings is 1. The van der Waals surface area contributed by atoms with Crippen LogP contribution in [0.3, 0.4) is 0 Å². The molecular weight excluding hydrogens is 384 g/mol. The maximum absolute atomic E-state index is 13.0. The van der Waals surface area contributed by atoms with Gasteiger partial charge < -0.3 is 10.2 Å². The molecule has 1 amide bonds. The Morgan fingerprint density at radius 3 is 2.63 bits per heavy atom. The number of aromatic nitrogens is 2. The lowest BCUT2D eigenvalue weighted by Gasteiger charge is -2.29. The molecule has 0 radical (unpaired) electrons. The van der Waals surface area contributed by atoms with Gasteiger partial charge in [-0.3, -0.25) is 14.2 Å². The number of thiophene rings is 1. The van der Waals surface area contributed by atoms with Crippen LogP contribution in [0.25, 0.3) is 10.2 Å². The summed E-state index contributed by atoms with van der Waals surface area (Å²) in [4.78, 5) is 32.4. The maximum atomic E-state index is 13.0. The highest BCUT2D eigenvalue weighted by Gasteiger charge is 2.21. The Kier molecular flexibility index (Phi) is 5.13. The zero-order valence-corrected chi connectivity index (χ0v) is 16.2. The quantitative estimate of drug-likeness (QED) is 0.721. The molecule has 3 heterocycles. The largest absolute Gasteiger partial charge is 0.342 e. The Labute approximate surface area is 165 Å². The van der Waals surface area contributed by atoms with Crippen molar-refractivity contribution in [2.24, 2.45) is 0 Å². The van der Waals surface area contributed by atoms with Crippen LogP contribution in [-0.4, -0.2) is 28.5 Å². The minimum absolute atomic E-state index is 0.0753. The van der Waals surface area contributed by atoms with E-state index in [0.29, 0.717) is 26.9 Å². The van der Waals surface area contributed by atoms with Crippen molar-refractivity contribution < 1.29 is 4.79 Å². The van der Waals surface area contributed by atoms with E-state index < -0.39 is 0 Å². The number of carbonyl (C=O) groups is 1. The summed E-state index contributed by atoms with van der Waals surface area (Å²) >= 11 is 7.23. The molecule has 6 nitrogen and oxygen atoms in total. The smallest absolute Gasteiger partial charge is 0.273 e. The second-order valence-electron chi connectivity index (χ2n) is 6.54. The topological polar surface area (TPSA) is 67.2 Å². The number of hydrogen-bond donors (Lipinski definition) is 1. The molecule has 1 fully saturated rings. The first-order chi connectivity index (χ1) is 13.1. The van der Waals surface area contributed by atoms with Crippen LogP contribution in [0.1, 0.15) is 19.3 Å². The summed E-state index contributed by atoms with van der Waals surface area (Å²) in [6, 6.07) is 8.74. The predicted octanol–water partition coefficient (Wildman–Crippen LogP) is 3.74. The van der Waals surface area contributed by atoms with Crippen LogP contribution in [0.2, 0.25) is 5.02 Å². The summed E-state index contributed by atoms with van der Waals surface area (Å²) < 4.78 is 2.07. The van der Waals surface area contributed by atoms with Crippen molar-refractivity contribution in [1.29, 1.82) is 0 Å². The van der Waals surface area contributed by atoms with Gasteiger partial charge in [0.15, 0.2) is 0 Å². The number of nitrogens with one attached hydrogen (secondary N) is 1. The third-order valence-corrected chi connectivity index (χ3v) is 5.76. The average Bonchev–Trinajstić information content (AvgIpc) is 3.15. The van der Waals surface area contributed by atoms with Crippen molar-refractivity contribution in [2.75, 3.05) is 23.3 Å². The lowest BCUT2D eigenvalue weighted by Crippen LogP contribution is -2.38. The molecule has 27 heavy (non-hydrogen) atoms. The minimum atomic E-state index is -0.268. The van der Waals surface area contributed by atoms with E-state index >= 15 is 0 Å². The van der Waals surface area contributed by atoms with E-state index in [0.717, 1.165) is 25.9 Å². The SMILES string of the molecule is O=C(Cn1c(N2CCCCC2)nc2ccsc2c1=O)Nc1ccc(Cl)cc1. The number of hydrogen-bond acceptors (Lipinski definition) is 5. The van der Waals surface area contributed by atoms with Crippen molar-refractivity contribution in [2.45, 2.75) is 25.8 Å². The summed E-state index contributed by atoms with van der Waals surface area (Å²) in [5.41, 5.74) is 1.17. The first kappa shape index (κ1) is 18.0. The van der Waals surface area contributed by atoms with Crippen molar-refractivity contribution >= 4 is 50.7 Å². The summed E-state index contributed by atoms with van der Waals surface area (Å²) in [5, 5.41) is 5.28. The molecule has 0 bridgehead atoms. The third kappa shape index (κ3) is 3.84. The van der Waals surface area contributed by atoms with Gasteiger partial charge in [0.05, 0.1) is 5.52 Å². The number of fused-ring (bicyclic) bond motifs is 1. The normalized spacial score (nSPS) is 14.5. The van der Waals surface area contributed by atoms with E-state index in [1.54, 1.807) is 24.3 Å². The van der Waals surface area contributed by atoms with Crippen LogP contribution in [0, 0.1) is 0 Å². The monoisotopic (exact) mass is 402 g/mol. The number of rotatable bonds is 4. The van der Waals surface area contributed by atoms with Gasteiger partial charge in [0.1, 0.15) is 11.2 Å². The number of carbonyl (C=O) groups excluding carboxylic acids is 1. The second kappa shape index (κ2) is 7.70. The van der Waals surface area contributed by atoms with Crippen molar-refractivity contribution in [3.63, 3.8) is 0 Å². The highest BCUT2D eigenvalue weighted by molar-refractivity contribution is 7.17. The van der Waals surface area contributed by atoms with Crippen LogP contribution in [0.4, 0.5) is 11.6 Å². The molecule has 1 aliphatic heterocycles. The third-order valence-electron chi connectivity index (χ3n) is 4.61. The molecule has 3 aromatic rings. The Morgan fingerprint density at radius 2 is 1.89 bits per heavy atom. The molecule has 0 atom stereocenters. The second-order valence-corrected chi connectivity index (χ2v) is 7.89. The molecule has 1 aliphatic rings. The van der Waals surface area contributed by atoms with E-state index in [9.17, 15) is 9.59 Å². The fraction of sp³-hybridized carbons (Fsp3) is 0.316. The fourth-order valence-corrected chi connectivity index (χ4v) is 4.19. The summed E-state index contributed by atoms with van der Waals surface area (Å²) in [6.07, 6.45) is 3.31. The van der Waals surface area contributed by atoms with Gasteiger partial charge in [-0.1, -0.05) is 11.6 Å². The average molecular weight is 403 g/mol. The number of anilines is 2. The molecule has 0 unspecified atom stereocenters. The number of halogens is 1. The zero-order valence-electron chi connectivity index (χ0n) is 14.7. The molecule has 0 saturated carbocycles. The summed E-state index contributed by atoms with van der Waals surface area (Å²) in [6.45, 7) is 1.62. The number of piperidine rings is 1. The first-order valence-corrected chi connectivity index (χ1v) is 10.2. The fourth-order valence-electron chi connectivity index (χ4n) is 3.29. The van der Waals surface area contributed by atoms with Gasteiger partial charge in [0, 0.05) is 23.8 Å². The Hall–Kier alpha value is -2.38. The molecule has 0 aliphatic carbocycles. The first-order valence-electron chi connectivity index (χ1n) is 8.90. The lowest BCUT2D eigenvalue weighted by molar-refractivity contribution is -0.116. The standard InChI is InChI=1S/C19H19ClN4O2S/c20-13-4-6-14(7-5-13)21-16(25)12-24-18(26)17-15(8-11-27-17)22-19(24)23-9-2-1-3-10-23/h4-8,11H,1-3,9-10,12H2,(H,21,25). The van der Waals surface area contributed by atoms with E-state index in [1.807, 2.05) is 11.4 Å². The molecule has 1 aromatic carbocycles. The van der Waals surface area contributed by atoms with Crippen LogP contribution >= 0.6 is 22.9 Å².